The molecule has 0 amide bonds. The standard InChI is InChI=1S/C11H9N5/c12-10-1-2-11(16-7-14-6-15-16)9-5-13-4-3-8(9)10/h1-7H,12H2. The summed E-state index contributed by atoms with van der Waals surface area (Å²) >= 11 is 0. The molecule has 5 nitrogen and oxygen atoms in total. The zero-order chi connectivity index (χ0) is 11.0. The van der Waals surface area contributed by atoms with Gasteiger partial charge in [0.05, 0.1) is 5.69 Å². The molecule has 0 bridgehead atoms. The average molecular weight is 211 g/mol. The van der Waals surface area contributed by atoms with E-state index in [1.54, 1.807) is 23.4 Å². The Hall–Kier alpha value is -2.43. The number of nitrogens with two attached hydrogens (primary N) is 1. The molecule has 2 aromatic heterocycles. The van der Waals surface area contributed by atoms with Crippen molar-refractivity contribution < 1.29 is 0 Å². The Kier molecular flexibility index (Phi) is 1.83. The normalized spacial score (nSPS) is 10.8. The van der Waals surface area contributed by atoms with E-state index in [2.05, 4.69) is 15.1 Å². The van der Waals surface area contributed by atoms with E-state index in [-0.39, 0.29) is 0 Å². The van der Waals surface area contributed by atoms with Gasteiger partial charge in [0, 0.05) is 28.9 Å². The van der Waals surface area contributed by atoms with Crippen LogP contribution in [0.15, 0.2) is 43.2 Å². The molecule has 3 rings (SSSR count). The highest BCUT2D eigenvalue weighted by Crippen LogP contribution is 2.25. The lowest BCUT2D eigenvalue weighted by atomic mass is 10.1. The Morgan fingerprint density at radius 2 is 2.00 bits per heavy atom. The summed E-state index contributed by atoms with van der Waals surface area (Å²) < 4.78 is 1.70. The number of benzene rings is 1. The van der Waals surface area contributed by atoms with Gasteiger partial charge < -0.3 is 5.73 Å². The number of fused-ring (bicyclic) bond motifs is 1. The molecule has 0 radical (unpaired) electrons. The minimum atomic E-state index is 0.737. The highest BCUT2D eigenvalue weighted by atomic mass is 15.3. The number of rotatable bonds is 1. The van der Waals surface area contributed by atoms with Crippen LogP contribution in [-0.4, -0.2) is 19.7 Å². The molecule has 0 aliphatic rings. The molecule has 78 valence electrons. The molecule has 0 aliphatic heterocycles. The minimum Gasteiger partial charge on any atom is -0.398 e. The topological polar surface area (TPSA) is 69.6 Å². The predicted molar refractivity (Wildman–Crippen MR) is 61.1 cm³/mol. The van der Waals surface area contributed by atoms with E-state index in [1.807, 2.05) is 18.2 Å². The fraction of sp³-hybridized carbons (Fsp3) is 0. The van der Waals surface area contributed by atoms with Gasteiger partial charge in [0.15, 0.2) is 0 Å². The third-order valence-corrected chi connectivity index (χ3v) is 2.49. The Morgan fingerprint density at radius 3 is 2.81 bits per heavy atom. The van der Waals surface area contributed by atoms with E-state index in [0.717, 1.165) is 22.1 Å². The van der Waals surface area contributed by atoms with Crippen molar-refractivity contribution in [1.82, 2.24) is 19.7 Å². The predicted octanol–water partition coefficient (Wildman–Crippen LogP) is 1.40. The minimum absolute atomic E-state index is 0.737. The third kappa shape index (κ3) is 1.22. The third-order valence-electron chi connectivity index (χ3n) is 2.49. The van der Waals surface area contributed by atoms with Crippen LogP contribution in [0.4, 0.5) is 5.69 Å². The van der Waals surface area contributed by atoms with Crippen molar-refractivity contribution in [3.63, 3.8) is 0 Å². The van der Waals surface area contributed by atoms with Gasteiger partial charge in [-0.15, -0.1) is 0 Å². The number of anilines is 1. The van der Waals surface area contributed by atoms with Gasteiger partial charge in [-0.2, -0.15) is 5.10 Å². The number of hydrogen-bond acceptors (Lipinski definition) is 4. The van der Waals surface area contributed by atoms with Gasteiger partial charge in [-0.1, -0.05) is 0 Å². The quantitative estimate of drug-likeness (QED) is 0.617. The van der Waals surface area contributed by atoms with Gasteiger partial charge >= 0.3 is 0 Å². The van der Waals surface area contributed by atoms with E-state index in [0.29, 0.717) is 0 Å². The van der Waals surface area contributed by atoms with E-state index in [4.69, 9.17) is 5.73 Å². The van der Waals surface area contributed by atoms with Crippen LogP contribution in [0.25, 0.3) is 16.5 Å². The Balaban J connectivity index is 2.39. The maximum absolute atomic E-state index is 5.91. The van der Waals surface area contributed by atoms with Crippen LogP contribution in [0.3, 0.4) is 0 Å². The Bertz CT molecular complexity index is 630. The first-order valence-electron chi connectivity index (χ1n) is 4.83. The van der Waals surface area contributed by atoms with Gasteiger partial charge in [0.2, 0.25) is 0 Å². The highest BCUT2D eigenvalue weighted by molar-refractivity contribution is 5.97. The van der Waals surface area contributed by atoms with Crippen molar-refractivity contribution in [3.05, 3.63) is 43.2 Å². The van der Waals surface area contributed by atoms with E-state index in [9.17, 15) is 0 Å². The number of pyridine rings is 1. The first-order valence-corrected chi connectivity index (χ1v) is 4.83. The van der Waals surface area contributed by atoms with E-state index in [1.165, 1.54) is 6.33 Å². The Labute approximate surface area is 91.6 Å². The zero-order valence-electron chi connectivity index (χ0n) is 8.41. The zero-order valence-corrected chi connectivity index (χ0v) is 8.41. The molecule has 0 unspecified atom stereocenters. The van der Waals surface area contributed by atoms with Crippen LogP contribution in [0.2, 0.25) is 0 Å². The maximum Gasteiger partial charge on any atom is 0.138 e. The molecule has 0 aliphatic carbocycles. The summed E-state index contributed by atoms with van der Waals surface area (Å²) in [5, 5.41) is 6.04. The smallest absolute Gasteiger partial charge is 0.138 e. The van der Waals surface area contributed by atoms with Gasteiger partial charge in [0.1, 0.15) is 12.7 Å². The maximum atomic E-state index is 5.91. The fourth-order valence-electron chi connectivity index (χ4n) is 1.73. The summed E-state index contributed by atoms with van der Waals surface area (Å²) in [5.74, 6) is 0. The summed E-state index contributed by atoms with van der Waals surface area (Å²) in [5.41, 5.74) is 7.57. The molecule has 0 saturated heterocycles. The van der Waals surface area contributed by atoms with Gasteiger partial charge in [0.25, 0.3) is 0 Å². The average Bonchev–Trinajstić information content (AvgIpc) is 2.83. The summed E-state index contributed by atoms with van der Waals surface area (Å²) in [6.45, 7) is 0. The molecule has 5 heteroatoms. The van der Waals surface area contributed by atoms with Crippen molar-refractivity contribution in [2.45, 2.75) is 0 Å². The lowest BCUT2D eigenvalue weighted by Gasteiger charge is -2.07. The molecular weight excluding hydrogens is 202 g/mol. The Morgan fingerprint density at radius 1 is 1.06 bits per heavy atom. The highest BCUT2D eigenvalue weighted by Gasteiger charge is 2.05. The van der Waals surface area contributed by atoms with Crippen molar-refractivity contribution in [2.75, 3.05) is 5.73 Å². The van der Waals surface area contributed by atoms with Crippen LogP contribution in [0.1, 0.15) is 0 Å². The largest absolute Gasteiger partial charge is 0.398 e. The molecule has 3 aromatic rings. The van der Waals surface area contributed by atoms with Crippen LogP contribution in [-0.2, 0) is 0 Å². The number of aromatic nitrogens is 4. The second-order valence-electron chi connectivity index (χ2n) is 3.44. The SMILES string of the molecule is Nc1ccc(-n2cncn2)c2cnccc12. The first kappa shape index (κ1) is 8.84. The van der Waals surface area contributed by atoms with Crippen LogP contribution >= 0.6 is 0 Å². The number of hydrogen-bond donors (Lipinski definition) is 1. The van der Waals surface area contributed by atoms with E-state index < -0.39 is 0 Å². The van der Waals surface area contributed by atoms with Crippen LogP contribution in [0.5, 0.6) is 0 Å². The van der Waals surface area contributed by atoms with Crippen LogP contribution in [0, 0.1) is 0 Å². The lowest BCUT2D eigenvalue weighted by Crippen LogP contribution is -1.97. The number of nitrogens with zero attached hydrogens (tertiary/aromatic N) is 4. The van der Waals surface area contributed by atoms with Gasteiger partial charge in [-0.25, -0.2) is 9.67 Å². The van der Waals surface area contributed by atoms with Crippen molar-refractivity contribution in [2.24, 2.45) is 0 Å². The van der Waals surface area contributed by atoms with Gasteiger partial charge in [-0.05, 0) is 18.2 Å². The molecule has 2 heterocycles. The summed E-state index contributed by atoms with van der Waals surface area (Å²) in [4.78, 5) is 8.04. The second-order valence-corrected chi connectivity index (χ2v) is 3.44. The van der Waals surface area contributed by atoms with Crippen LogP contribution < -0.4 is 5.73 Å². The molecular formula is C11H9N5. The van der Waals surface area contributed by atoms with Crippen molar-refractivity contribution in [1.29, 1.82) is 0 Å². The van der Waals surface area contributed by atoms with Gasteiger partial charge in [-0.3, -0.25) is 4.98 Å². The molecule has 1 aromatic carbocycles. The molecule has 0 atom stereocenters. The molecule has 0 fully saturated rings. The second kappa shape index (κ2) is 3.30. The molecule has 2 N–H and O–H groups in total. The fourth-order valence-corrected chi connectivity index (χ4v) is 1.73. The molecule has 0 saturated carbocycles. The molecule has 0 spiro atoms. The summed E-state index contributed by atoms with van der Waals surface area (Å²) in [6, 6.07) is 5.67. The summed E-state index contributed by atoms with van der Waals surface area (Å²) in [7, 11) is 0. The monoisotopic (exact) mass is 211 g/mol. The first-order chi connectivity index (χ1) is 7.86. The summed E-state index contributed by atoms with van der Waals surface area (Å²) in [6.07, 6.45) is 6.66. The van der Waals surface area contributed by atoms with Crippen molar-refractivity contribution in [3.8, 4) is 5.69 Å². The molecule has 16 heavy (non-hydrogen) atoms. The van der Waals surface area contributed by atoms with E-state index >= 15 is 0 Å². The number of nitrogen functional groups attached to an aromatic ring is 1. The van der Waals surface area contributed by atoms with Crippen molar-refractivity contribution >= 4 is 16.5 Å². The lowest BCUT2D eigenvalue weighted by molar-refractivity contribution is 0.886.